The molecule has 2 rings (SSSR count). The maximum Gasteiger partial charge on any atom is 0.237 e. The van der Waals surface area contributed by atoms with Crippen LogP contribution in [-0.2, 0) is 11.2 Å². The third-order valence-electron chi connectivity index (χ3n) is 3.95. The van der Waals surface area contributed by atoms with Crippen LogP contribution < -0.4 is 20.1 Å². The molecule has 1 fully saturated rings. The van der Waals surface area contributed by atoms with Crippen molar-refractivity contribution in [2.75, 3.05) is 26.3 Å². The summed E-state index contributed by atoms with van der Waals surface area (Å²) in [6, 6.07) is 5.94. The second-order valence-corrected chi connectivity index (χ2v) is 5.69. The van der Waals surface area contributed by atoms with Gasteiger partial charge in [0, 0.05) is 6.54 Å². The Hall–Kier alpha value is -1.46. The average Bonchev–Trinajstić information content (AvgIpc) is 2.58. The lowest BCUT2D eigenvalue weighted by molar-refractivity contribution is -0.123. The Morgan fingerprint density at radius 2 is 1.96 bits per heavy atom. The third kappa shape index (κ3) is 6.21. The minimum atomic E-state index is -0.0249. The number of carbonyl (C=O) groups is 1. The summed E-state index contributed by atoms with van der Waals surface area (Å²) >= 11 is 0. The number of rotatable bonds is 8. The monoisotopic (exact) mass is 356 g/mol. The van der Waals surface area contributed by atoms with Crippen LogP contribution >= 0.6 is 12.4 Å². The second-order valence-electron chi connectivity index (χ2n) is 5.69. The van der Waals surface area contributed by atoms with Crippen LogP contribution in [0.4, 0.5) is 0 Å². The van der Waals surface area contributed by atoms with E-state index in [2.05, 4.69) is 10.6 Å². The molecule has 1 heterocycles. The van der Waals surface area contributed by atoms with E-state index in [1.54, 1.807) is 0 Å². The van der Waals surface area contributed by atoms with Crippen LogP contribution in [0, 0.1) is 0 Å². The maximum atomic E-state index is 12.1. The lowest BCUT2D eigenvalue weighted by Gasteiger charge is -2.22. The SMILES string of the molecule is CCOc1ccc(CCNC(=O)C2CCCCN2)cc1OCC.Cl. The Bertz CT molecular complexity index is 505. The van der Waals surface area contributed by atoms with Crippen molar-refractivity contribution in [1.82, 2.24) is 10.6 Å². The van der Waals surface area contributed by atoms with E-state index >= 15 is 0 Å². The van der Waals surface area contributed by atoms with Gasteiger partial charge in [-0.1, -0.05) is 12.5 Å². The summed E-state index contributed by atoms with van der Waals surface area (Å²) < 4.78 is 11.2. The van der Waals surface area contributed by atoms with Gasteiger partial charge in [0.15, 0.2) is 11.5 Å². The summed E-state index contributed by atoms with van der Waals surface area (Å²) in [6.45, 7) is 6.71. The molecule has 24 heavy (non-hydrogen) atoms. The molecule has 0 radical (unpaired) electrons. The summed E-state index contributed by atoms with van der Waals surface area (Å²) in [7, 11) is 0. The first-order valence-electron chi connectivity index (χ1n) is 8.64. The minimum Gasteiger partial charge on any atom is -0.490 e. The Balaban J connectivity index is 0.00000288. The minimum absolute atomic E-state index is 0. The number of piperidine rings is 1. The topological polar surface area (TPSA) is 59.6 Å². The van der Waals surface area contributed by atoms with Crippen molar-refractivity contribution in [3.63, 3.8) is 0 Å². The molecule has 136 valence electrons. The number of benzene rings is 1. The zero-order valence-corrected chi connectivity index (χ0v) is 15.4. The number of carbonyl (C=O) groups excluding carboxylic acids is 1. The van der Waals surface area contributed by atoms with E-state index in [9.17, 15) is 4.79 Å². The molecule has 1 amide bonds. The first kappa shape index (κ1) is 20.6. The molecule has 2 N–H and O–H groups in total. The average molecular weight is 357 g/mol. The van der Waals surface area contributed by atoms with E-state index in [-0.39, 0.29) is 24.4 Å². The molecule has 1 unspecified atom stereocenters. The molecular formula is C18H29ClN2O3. The zero-order valence-electron chi connectivity index (χ0n) is 14.6. The highest BCUT2D eigenvalue weighted by atomic mass is 35.5. The highest BCUT2D eigenvalue weighted by molar-refractivity contribution is 5.85. The van der Waals surface area contributed by atoms with Gasteiger partial charge in [0.05, 0.1) is 19.3 Å². The smallest absolute Gasteiger partial charge is 0.237 e. The van der Waals surface area contributed by atoms with Gasteiger partial charge in [-0.05, 0) is 57.4 Å². The zero-order chi connectivity index (χ0) is 16.5. The van der Waals surface area contributed by atoms with E-state index in [1.165, 1.54) is 0 Å². The van der Waals surface area contributed by atoms with Gasteiger partial charge < -0.3 is 20.1 Å². The van der Waals surface area contributed by atoms with Gasteiger partial charge in [-0.25, -0.2) is 0 Å². The number of hydrogen-bond acceptors (Lipinski definition) is 4. The Labute approximate surface area is 150 Å². The number of ether oxygens (including phenoxy) is 2. The molecule has 1 aromatic carbocycles. The number of halogens is 1. The Morgan fingerprint density at radius 1 is 1.21 bits per heavy atom. The van der Waals surface area contributed by atoms with Gasteiger partial charge in [-0.2, -0.15) is 0 Å². The Kier molecular flexibility index (Phi) is 9.57. The molecular weight excluding hydrogens is 328 g/mol. The molecule has 0 aromatic heterocycles. The molecule has 0 saturated carbocycles. The van der Waals surface area contributed by atoms with Crippen LogP contribution in [0.15, 0.2) is 18.2 Å². The molecule has 1 aliphatic rings. The number of hydrogen-bond donors (Lipinski definition) is 2. The van der Waals surface area contributed by atoms with E-state index < -0.39 is 0 Å². The van der Waals surface area contributed by atoms with Crippen LogP contribution in [0.5, 0.6) is 11.5 Å². The number of amides is 1. The van der Waals surface area contributed by atoms with Crippen LogP contribution in [0.25, 0.3) is 0 Å². The van der Waals surface area contributed by atoms with Gasteiger partial charge in [0.25, 0.3) is 0 Å². The molecule has 0 spiro atoms. The van der Waals surface area contributed by atoms with Crippen LogP contribution in [0.3, 0.4) is 0 Å². The van der Waals surface area contributed by atoms with Gasteiger partial charge in [-0.15, -0.1) is 12.4 Å². The first-order chi connectivity index (χ1) is 11.2. The highest BCUT2D eigenvalue weighted by Gasteiger charge is 2.19. The molecule has 1 aliphatic heterocycles. The summed E-state index contributed by atoms with van der Waals surface area (Å²) in [6.07, 6.45) is 4.01. The summed E-state index contributed by atoms with van der Waals surface area (Å²) in [5.41, 5.74) is 1.13. The van der Waals surface area contributed by atoms with Gasteiger partial charge in [-0.3, -0.25) is 4.79 Å². The number of nitrogens with one attached hydrogen (secondary N) is 2. The third-order valence-corrected chi connectivity index (χ3v) is 3.95. The van der Waals surface area contributed by atoms with Crippen LogP contribution in [-0.4, -0.2) is 38.3 Å². The van der Waals surface area contributed by atoms with Crippen LogP contribution in [0.1, 0.15) is 38.7 Å². The maximum absolute atomic E-state index is 12.1. The normalized spacial score (nSPS) is 16.8. The first-order valence-corrected chi connectivity index (χ1v) is 8.64. The van der Waals surface area contributed by atoms with E-state index in [1.807, 2.05) is 32.0 Å². The summed E-state index contributed by atoms with van der Waals surface area (Å²) in [4.78, 5) is 12.1. The predicted octanol–water partition coefficient (Wildman–Crippen LogP) is 2.71. The standard InChI is InChI=1S/C18H28N2O3.ClH/c1-3-22-16-9-8-14(13-17(16)23-4-2)10-12-20-18(21)15-7-5-6-11-19-15;/h8-9,13,15,19H,3-7,10-12H2,1-2H3,(H,20,21);1H. The lowest BCUT2D eigenvalue weighted by Crippen LogP contribution is -2.47. The molecule has 1 saturated heterocycles. The van der Waals surface area contributed by atoms with Gasteiger partial charge >= 0.3 is 0 Å². The van der Waals surface area contributed by atoms with Crippen molar-refractivity contribution in [3.05, 3.63) is 23.8 Å². The molecule has 0 bridgehead atoms. The fourth-order valence-corrected chi connectivity index (χ4v) is 2.78. The van der Waals surface area contributed by atoms with Crippen molar-refractivity contribution < 1.29 is 14.3 Å². The van der Waals surface area contributed by atoms with E-state index in [4.69, 9.17) is 9.47 Å². The molecule has 0 aliphatic carbocycles. The second kappa shape index (κ2) is 11.2. The predicted molar refractivity (Wildman–Crippen MR) is 98.4 cm³/mol. The molecule has 6 heteroatoms. The Morgan fingerprint density at radius 3 is 2.62 bits per heavy atom. The van der Waals surface area contributed by atoms with Gasteiger partial charge in [0.1, 0.15) is 0 Å². The van der Waals surface area contributed by atoms with E-state index in [0.717, 1.165) is 49.3 Å². The largest absolute Gasteiger partial charge is 0.490 e. The van der Waals surface area contributed by atoms with Crippen molar-refractivity contribution in [2.45, 2.75) is 45.6 Å². The fourth-order valence-electron chi connectivity index (χ4n) is 2.78. The quantitative estimate of drug-likeness (QED) is 0.752. The van der Waals surface area contributed by atoms with Crippen molar-refractivity contribution >= 4 is 18.3 Å². The van der Waals surface area contributed by atoms with Crippen molar-refractivity contribution in [1.29, 1.82) is 0 Å². The summed E-state index contributed by atoms with van der Waals surface area (Å²) in [5.74, 6) is 1.65. The van der Waals surface area contributed by atoms with Crippen LogP contribution in [0.2, 0.25) is 0 Å². The van der Waals surface area contributed by atoms with Crippen molar-refractivity contribution in [3.8, 4) is 11.5 Å². The van der Waals surface area contributed by atoms with Crippen molar-refractivity contribution in [2.24, 2.45) is 0 Å². The lowest BCUT2D eigenvalue weighted by atomic mass is 10.0. The van der Waals surface area contributed by atoms with Gasteiger partial charge in [0.2, 0.25) is 5.91 Å². The fraction of sp³-hybridized carbons (Fsp3) is 0.611. The highest BCUT2D eigenvalue weighted by Crippen LogP contribution is 2.28. The summed E-state index contributed by atoms with van der Waals surface area (Å²) in [5, 5.41) is 6.28. The van der Waals surface area contributed by atoms with E-state index in [0.29, 0.717) is 19.8 Å². The molecule has 5 nitrogen and oxygen atoms in total. The molecule has 1 aromatic rings. The molecule has 1 atom stereocenters.